The summed E-state index contributed by atoms with van der Waals surface area (Å²) in [6, 6.07) is 44.0. The van der Waals surface area contributed by atoms with Crippen molar-refractivity contribution in [1.82, 2.24) is 4.57 Å². The molecule has 1 aliphatic carbocycles. The summed E-state index contributed by atoms with van der Waals surface area (Å²) < 4.78 is 16.0. The highest BCUT2D eigenvalue weighted by molar-refractivity contribution is 6.98. The van der Waals surface area contributed by atoms with Crippen molar-refractivity contribution in [1.29, 1.82) is 0 Å². The molecule has 0 fully saturated rings. The zero-order valence-electron chi connectivity index (χ0n) is 27.8. The van der Waals surface area contributed by atoms with E-state index in [4.69, 9.17) is 9.47 Å². The fraction of sp³-hybridized carbons (Fsp3) is 0.182. The summed E-state index contributed by atoms with van der Waals surface area (Å²) in [6.07, 6.45) is 2.31. The molecule has 0 radical (unpaired) electrons. The van der Waals surface area contributed by atoms with Gasteiger partial charge in [-0.15, -0.1) is 0 Å². The maximum Gasteiger partial charge on any atom is 0.260 e. The van der Waals surface area contributed by atoms with Gasteiger partial charge in [0, 0.05) is 21.8 Å². The summed E-state index contributed by atoms with van der Waals surface area (Å²) in [5, 5.41) is 2.53. The van der Waals surface area contributed by atoms with Crippen LogP contribution in [0.3, 0.4) is 0 Å². The lowest BCUT2D eigenvalue weighted by Crippen LogP contribution is -2.57. The molecule has 7 aromatic rings. The molecule has 0 atom stereocenters. The normalized spacial score (nSPS) is 16.4. The fourth-order valence-corrected chi connectivity index (χ4v) is 8.75. The average Bonchev–Trinajstić information content (AvgIpc) is 3.44. The standard InChI is InChI=1S/C44H36BNO2/c1-43(2)21-22-44(3,4)32-26-37(46-35-17-9-5-13-28(35)29-14-6-10-18-36(29)46)30(25-31(32)43)27-23-40-42-41(24-27)48-39-20-12-8-16-34(39)45(42)33-15-7-11-19-38(33)47-40/h5-20,23-26H,21-22H2,1-4H3. The average molecular weight is 622 g/mol. The Morgan fingerprint density at radius 1 is 0.542 bits per heavy atom. The molecule has 3 aliphatic rings. The van der Waals surface area contributed by atoms with Crippen molar-refractivity contribution in [2.24, 2.45) is 0 Å². The Kier molecular flexibility index (Phi) is 5.61. The first-order chi connectivity index (χ1) is 23.3. The third-order valence-electron chi connectivity index (χ3n) is 11.4. The van der Waals surface area contributed by atoms with E-state index in [1.165, 1.54) is 55.1 Å². The molecule has 0 N–H and O–H groups in total. The molecule has 0 saturated carbocycles. The van der Waals surface area contributed by atoms with Crippen LogP contribution in [0.5, 0.6) is 23.0 Å². The van der Waals surface area contributed by atoms with E-state index in [9.17, 15) is 0 Å². The molecule has 6 aromatic carbocycles. The number of hydrogen-bond acceptors (Lipinski definition) is 2. The van der Waals surface area contributed by atoms with Gasteiger partial charge in [0.15, 0.2) is 0 Å². The molecule has 0 unspecified atom stereocenters. The summed E-state index contributed by atoms with van der Waals surface area (Å²) >= 11 is 0. The minimum atomic E-state index is 0.0530. The number of hydrogen-bond donors (Lipinski definition) is 0. The Hall–Kier alpha value is -5.22. The smallest absolute Gasteiger partial charge is 0.260 e. The highest BCUT2D eigenvalue weighted by atomic mass is 16.5. The Morgan fingerprint density at radius 3 is 1.58 bits per heavy atom. The summed E-state index contributed by atoms with van der Waals surface area (Å²) in [6.45, 7) is 9.70. The molecule has 2 aliphatic heterocycles. The molecule has 10 rings (SSSR count). The van der Waals surface area contributed by atoms with Gasteiger partial charge in [-0.05, 0) is 99.8 Å². The first-order valence-electron chi connectivity index (χ1n) is 17.2. The maximum atomic E-state index is 6.77. The van der Waals surface area contributed by atoms with E-state index in [0.29, 0.717) is 0 Å². The van der Waals surface area contributed by atoms with Crippen molar-refractivity contribution in [3.63, 3.8) is 0 Å². The zero-order chi connectivity index (χ0) is 32.4. The van der Waals surface area contributed by atoms with Crippen LogP contribution < -0.4 is 25.9 Å². The van der Waals surface area contributed by atoms with Gasteiger partial charge in [0.1, 0.15) is 23.0 Å². The van der Waals surface area contributed by atoms with Crippen LogP contribution >= 0.6 is 0 Å². The van der Waals surface area contributed by atoms with Gasteiger partial charge in [-0.25, -0.2) is 0 Å². The molecule has 0 bridgehead atoms. The van der Waals surface area contributed by atoms with Crippen LogP contribution in [-0.2, 0) is 10.8 Å². The second-order valence-corrected chi connectivity index (χ2v) is 15.2. The van der Waals surface area contributed by atoms with Gasteiger partial charge in [-0.3, -0.25) is 0 Å². The van der Waals surface area contributed by atoms with Crippen LogP contribution in [-0.4, -0.2) is 11.3 Å². The van der Waals surface area contributed by atoms with E-state index in [2.05, 4.69) is 154 Å². The van der Waals surface area contributed by atoms with E-state index in [-0.39, 0.29) is 17.5 Å². The molecule has 3 heterocycles. The van der Waals surface area contributed by atoms with Gasteiger partial charge in [0.2, 0.25) is 0 Å². The summed E-state index contributed by atoms with van der Waals surface area (Å²) in [5.74, 6) is 3.55. The Balaban J connectivity index is 1.30. The Labute approximate surface area is 281 Å². The summed E-state index contributed by atoms with van der Waals surface area (Å²) in [7, 11) is 0. The van der Waals surface area contributed by atoms with Crippen molar-refractivity contribution >= 4 is 44.9 Å². The lowest BCUT2D eigenvalue weighted by atomic mass is 9.35. The van der Waals surface area contributed by atoms with Crippen LogP contribution in [0.15, 0.2) is 121 Å². The predicted octanol–water partition coefficient (Wildman–Crippen LogP) is 9.53. The Morgan fingerprint density at radius 2 is 1.02 bits per heavy atom. The van der Waals surface area contributed by atoms with Crippen molar-refractivity contribution in [2.75, 3.05) is 0 Å². The number of para-hydroxylation sites is 4. The molecule has 0 spiro atoms. The van der Waals surface area contributed by atoms with Crippen molar-refractivity contribution in [2.45, 2.75) is 51.4 Å². The second kappa shape index (κ2) is 9.67. The summed E-state index contributed by atoms with van der Waals surface area (Å²) in [4.78, 5) is 0. The van der Waals surface area contributed by atoms with Crippen molar-refractivity contribution in [3.8, 4) is 39.8 Å². The van der Waals surface area contributed by atoms with Gasteiger partial charge in [0.25, 0.3) is 6.71 Å². The van der Waals surface area contributed by atoms with E-state index >= 15 is 0 Å². The van der Waals surface area contributed by atoms with E-state index in [1.807, 2.05) is 0 Å². The number of fused-ring (bicyclic) bond motifs is 8. The fourth-order valence-electron chi connectivity index (χ4n) is 8.75. The topological polar surface area (TPSA) is 23.4 Å². The predicted molar refractivity (Wildman–Crippen MR) is 199 cm³/mol. The quantitative estimate of drug-likeness (QED) is 0.180. The monoisotopic (exact) mass is 621 g/mol. The second-order valence-electron chi connectivity index (χ2n) is 15.2. The number of ether oxygens (including phenoxy) is 2. The zero-order valence-corrected chi connectivity index (χ0v) is 27.8. The van der Waals surface area contributed by atoms with Crippen molar-refractivity contribution < 1.29 is 9.47 Å². The summed E-state index contributed by atoms with van der Waals surface area (Å²) in [5.41, 5.74) is 12.3. The first kappa shape index (κ1) is 27.9. The molecule has 3 nitrogen and oxygen atoms in total. The maximum absolute atomic E-state index is 6.77. The third-order valence-corrected chi connectivity index (χ3v) is 11.4. The molecular formula is C44H36BNO2. The van der Waals surface area contributed by atoms with E-state index < -0.39 is 0 Å². The molecule has 232 valence electrons. The van der Waals surface area contributed by atoms with E-state index in [1.54, 1.807) is 0 Å². The third kappa shape index (κ3) is 3.83. The Bertz CT molecular complexity index is 2360. The van der Waals surface area contributed by atoms with Crippen LogP contribution in [0.2, 0.25) is 0 Å². The van der Waals surface area contributed by atoms with Gasteiger partial charge in [-0.1, -0.05) is 100 Å². The van der Waals surface area contributed by atoms with Crippen molar-refractivity contribution in [3.05, 3.63) is 132 Å². The molecule has 0 amide bonds. The number of benzene rings is 6. The lowest BCUT2D eigenvalue weighted by Gasteiger charge is -2.42. The molecule has 0 saturated heterocycles. The SMILES string of the molecule is CC1(C)CCC(C)(C)c2cc(-n3c4ccccc4c4ccccc43)c(-c3cc4c5c(c3)Oc3ccccc3B5c3ccccc3O4)cc21. The highest BCUT2D eigenvalue weighted by Gasteiger charge is 2.41. The van der Waals surface area contributed by atoms with Gasteiger partial charge in [-0.2, -0.15) is 0 Å². The lowest BCUT2D eigenvalue weighted by molar-refractivity contribution is 0.332. The minimum Gasteiger partial charge on any atom is -0.458 e. The van der Waals surface area contributed by atoms with Gasteiger partial charge >= 0.3 is 0 Å². The number of rotatable bonds is 2. The van der Waals surface area contributed by atoms with E-state index in [0.717, 1.165) is 46.9 Å². The number of nitrogens with zero attached hydrogens (tertiary/aromatic N) is 1. The van der Waals surface area contributed by atoms with Crippen LogP contribution in [0.1, 0.15) is 51.7 Å². The van der Waals surface area contributed by atoms with Crippen LogP contribution in [0, 0.1) is 0 Å². The van der Waals surface area contributed by atoms with Gasteiger partial charge in [0.05, 0.1) is 16.7 Å². The largest absolute Gasteiger partial charge is 0.458 e. The number of aromatic nitrogens is 1. The minimum absolute atomic E-state index is 0.0530. The first-order valence-corrected chi connectivity index (χ1v) is 17.2. The molecular weight excluding hydrogens is 585 g/mol. The molecule has 48 heavy (non-hydrogen) atoms. The van der Waals surface area contributed by atoms with Gasteiger partial charge < -0.3 is 14.0 Å². The molecule has 1 aromatic heterocycles. The van der Waals surface area contributed by atoms with Crippen LogP contribution in [0.4, 0.5) is 0 Å². The molecule has 4 heteroatoms. The highest BCUT2D eigenvalue weighted by Crippen LogP contribution is 2.50. The van der Waals surface area contributed by atoms with Crippen LogP contribution in [0.25, 0.3) is 38.6 Å².